The van der Waals surface area contributed by atoms with Crippen LogP contribution in [-0.4, -0.2) is 29.1 Å². The number of nitrogens with zero attached hydrogens (tertiary/aromatic N) is 1. The maximum absolute atomic E-state index is 11.3. The van der Waals surface area contributed by atoms with Gasteiger partial charge in [-0.2, -0.15) is 0 Å². The molecule has 1 aliphatic rings. The van der Waals surface area contributed by atoms with Crippen LogP contribution in [0.1, 0.15) is 23.4 Å². The summed E-state index contributed by atoms with van der Waals surface area (Å²) in [5, 5.41) is 12.5. The molecule has 0 spiro atoms. The summed E-state index contributed by atoms with van der Waals surface area (Å²) >= 11 is 1.62. The van der Waals surface area contributed by atoms with Gasteiger partial charge in [-0.15, -0.1) is 11.3 Å². The molecule has 0 bridgehead atoms. The number of nitrogens with one attached hydrogen (secondary N) is 1. The van der Waals surface area contributed by atoms with Crippen LogP contribution in [0.4, 0.5) is 0 Å². The highest BCUT2D eigenvalue weighted by molar-refractivity contribution is 7.09. The van der Waals surface area contributed by atoms with E-state index in [1.807, 2.05) is 12.4 Å². The molecule has 2 N–H and O–H groups in total. The van der Waals surface area contributed by atoms with Gasteiger partial charge in [-0.05, 0) is 32.7 Å². The van der Waals surface area contributed by atoms with E-state index in [0.29, 0.717) is 13.0 Å². The highest BCUT2D eigenvalue weighted by atomic mass is 32.1. The Morgan fingerprint density at radius 1 is 1.75 bits per heavy atom. The van der Waals surface area contributed by atoms with Gasteiger partial charge in [0.15, 0.2) is 0 Å². The number of carboxylic acid groups (broad SMARTS) is 1. The number of aliphatic carboxylic acids is 1. The average molecular weight is 240 g/mol. The van der Waals surface area contributed by atoms with Gasteiger partial charge in [0.1, 0.15) is 0 Å². The molecule has 5 heteroatoms. The monoisotopic (exact) mass is 240 g/mol. The summed E-state index contributed by atoms with van der Waals surface area (Å²) in [4.78, 5) is 16.7. The molecule has 1 unspecified atom stereocenters. The Morgan fingerprint density at radius 3 is 3.06 bits per heavy atom. The molecule has 1 saturated heterocycles. The Hall–Kier alpha value is -0.940. The summed E-state index contributed by atoms with van der Waals surface area (Å²) in [5.74, 6) is -0.667. The second kappa shape index (κ2) is 4.51. The zero-order chi connectivity index (χ0) is 11.6. The first-order chi connectivity index (χ1) is 7.64. The maximum atomic E-state index is 11.3. The normalized spacial score (nSPS) is 24.8. The quantitative estimate of drug-likeness (QED) is 0.836. The van der Waals surface area contributed by atoms with E-state index >= 15 is 0 Å². The van der Waals surface area contributed by atoms with Crippen molar-refractivity contribution in [1.29, 1.82) is 0 Å². The fourth-order valence-corrected chi connectivity index (χ4v) is 2.95. The Balaban J connectivity index is 2.03. The molecule has 0 saturated carbocycles. The lowest BCUT2D eigenvalue weighted by Gasteiger charge is -2.22. The van der Waals surface area contributed by atoms with Gasteiger partial charge in [0.25, 0.3) is 0 Å². The smallest absolute Gasteiger partial charge is 0.310 e. The van der Waals surface area contributed by atoms with Gasteiger partial charge < -0.3 is 10.4 Å². The third kappa shape index (κ3) is 2.10. The molecule has 0 radical (unpaired) electrons. The topological polar surface area (TPSA) is 62.2 Å². The van der Waals surface area contributed by atoms with Crippen LogP contribution in [0.5, 0.6) is 0 Å². The molecule has 0 amide bonds. The van der Waals surface area contributed by atoms with Gasteiger partial charge in [-0.25, -0.2) is 4.98 Å². The van der Waals surface area contributed by atoms with Crippen molar-refractivity contribution >= 4 is 17.3 Å². The SMILES string of the molecule is Cc1ncsc1CCC1(C(=O)O)CCNC1. The van der Waals surface area contributed by atoms with Crippen molar-refractivity contribution in [2.45, 2.75) is 26.2 Å². The van der Waals surface area contributed by atoms with Gasteiger partial charge in [0.2, 0.25) is 0 Å². The predicted molar refractivity (Wildman–Crippen MR) is 62.7 cm³/mol. The molecule has 0 aromatic carbocycles. The van der Waals surface area contributed by atoms with Gasteiger partial charge in [-0.3, -0.25) is 4.79 Å². The molecular weight excluding hydrogens is 224 g/mol. The summed E-state index contributed by atoms with van der Waals surface area (Å²) in [6.45, 7) is 3.39. The Kier molecular flexibility index (Phi) is 3.25. The number of hydrogen-bond donors (Lipinski definition) is 2. The molecule has 1 aromatic heterocycles. The molecule has 4 nitrogen and oxygen atoms in total. The van der Waals surface area contributed by atoms with Crippen molar-refractivity contribution < 1.29 is 9.90 Å². The van der Waals surface area contributed by atoms with Crippen molar-refractivity contribution in [3.63, 3.8) is 0 Å². The van der Waals surface area contributed by atoms with Crippen molar-refractivity contribution in [1.82, 2.24) is 10.3 Å². The lowest BCUT2D eigenvalue weighted by molar-refractivity contribution is -0.148. The molecule has 88 valence electrons. The van der Waals surface area contributed by atoms with Crippen molar-refractivity contribution in [2.75, 3.05) is 13.1 Å². The van der Waals surface area contributed by atoms with E-state index < -0.39 is 11.4 Å². The first-order valence-electron chi connectivity index (χ1n) is 5.47. The predicted octanol–water partition coefficient (Wildman–Crippen LogP) is 1.45. The first kappa shape index (κ1) is 11.5. The number of rotatable bonds is 4. The van der Waals surface area contributed by atoms with E-state index in [4.69, 9.17) is 0 Å². The minimum Gasteiger partial charge on any atom is -0.481 e. The number of aromatic nitrogens is 1. The van der Waals surface area contributed by atoms with Gasteiger partial charge in [-0.1, -0.05) is 0 Å². The van der Waals surface area contributed by atoms with E-state index in [0.717, 1.165) is 25.1 Å². The van der Waals surface area contributed by atoms with Crippen LogP contribution in [0, 0.1) is 12.3 Å². The van der Waals surface area contributed by atoms with Crippen LogP contribution in [0.3, 0.4) is 0 Å². The van der Waals surface area contributed by atoms with E-state index in [1.165, 1.54) is 4.88 Å². The Labute approximate surface area is 98.7 Å². The van der Waals surface area contributed by atoms with Crippen molar-refractivity contribution in [2.24, 2.45) is 5.41 Å². The minimum atomic E-state index is -0.667. The highest BCUT2D eigenvalue weighted by Gasteiger charge is 2.40. The molecule has 1 fully saturated rings. The average Bonchev–Trinajstić information content (AvgIpc) is 2.84. The molecule has 16 heavy (non-hydrogen) atoms. The number of aryl methyl sites for hydroxylation is 2. The van der Waals surface area contributed by atoms with Gasteiger partial charge in [0, 0.05) is 11.4 Å². The zero-order valence-electron chi connectivity index (χ0n) is 9.32. The van der Waals surface area contributed by atoms with E-state index in [9.17, 15) is 9.90 Å². The summed E-state index contributed by atoms with van der Waals surface area (Å²) in [6, 6.07) is 0. The van der Waals surface area contributed by atoms with Crippen LogP contribution in [0.15, 0.2) is 5.51 Å². The zero-order valence-corrected chi connectivity index (χ0v) is 10.1. The molecule has 1 aromatic rings. The summed E-state index contributed by atoms with van der Waals surface area (Å²) in [5.41, 5.74) is 2.30. The van der Waals surface area contributed by atoms with E-state index in [1.54, 1.807) is 11.3 Å². The lowest BCUT2D eigenvalue weighted by Crippen LogP contribution is -2.33. The fraction of sp³-hybridized carbons (Fsp3) is 0.636. The molecule has 1 aliphatic heterocycles. The number of carboxylic acids is 1. The third-order valence-electron chi connectivity index (χ3n) is 3.37. The largest absolute Gasteiger partial charge is 0.481 e. The van der Waals surface area contributed by atoms with E-state index in [-0.39, 0.29) is 0 Å². The summed E-state index contributed by atoms with van der Waals surface area (Å²) in [6.07, 6.45) is 2.27. The Bertz CT molecular complexity index is 383. The van der Waals surface area contributed by atoms with Crippen LogP contribution in [0.25, 0.3) is 0 Å². The molecule has 2 rings (SSSR count). The van der Waals surface area contributed by atoms with Crippen LogP contribution < -0.4 is 5.32 Å². The van der Waals surface area contributed by atoms with Crippen molar-refractivity contribution in [3.8, 4) is 0 Å². The number of hydrogen-bond acceptors (Lipinski definition) is 4. The number of thiazole rings is 1. The molecule has 2 heterocycles. The maximum Gasteiger partial charge on any atom is 0.310 e. The standard InChI is InChI=1S/C11H16N2O2S/c1-8-9(16-7-13-8)2-3-11(10(14)15)4-5-12-6-11/h7,12H,2-6H2,1H3,(H,14,15). The lowest BCUT2D eigenvalue weighted by atomic mass is 9.82. The summed E-state index contributed by atoms with van der Waals surface area (Å²) in [7, 11) is 0. The molecule has 1 atom stereocenters. The minimum absolute atomic E-state index is 0.559. The fourth-order valence-electron chi connectivity index (χ4n) is 2.17. The molecule has 0 aliphatic carbocycles. The first-order valence-corrected chi connectivity index (χ1v) is 6.35. The van der Waals surface area contributed by atoms with E-state index in [2.05, 4.69) is 10.3 Å². The van der Waals surface area contributed by atoms with Crippen molar-refractivity contribution in [3.05, 3.63) is 16.1 Å². The molecular formula is C11H16N2O2S. The van der Waals surface area contributed by atoms with Gasteiger partial charge in [0.05, 0.1) is 16.6 Å². The van der Waals surface area contributed by atoms with Crippen LogP contribution in [-0.2, 0) is 11.2 Å². The highest BCUT2D eigenvalue weighted by Crippen LogP contribution is 2.32. The van der Waals surface area contributed by atoms with Crippen LogP contribution in [0.2, 0.25) is 0 Å². The second-order valence-electron chi connectivity index (χ2n) is 4.37. The van der Waals surface area contributed by atoms with Gasteiger partial charge >= 0.3 is 5.97 Å². The second-order valence-corrected chi connectivity index (χ2v) is 5.31. The third-order valence-corrected chi connectivity index (χ3v) is 4.37. The Morgan fingerprint density at radius 2 is 2.56 bits per heavy atom. The summed E-state index contributed by atoms with van der Waals surface area (Å²) < 4.78 is 0. The number of carbonyl (C=O) groups is 1. The van der Waals surface area contributed by atoms with Crippen LogP contribution >= 0.6 is 11.3 Å².